The maximum absolute atomic E-state index is 13.0. The van der Waals surface area contributed by atoms with E-state index in [1.165, 1.54) is 12.8 Å². The van der Waals surface area contributed by atoms with Crippen molar-refractivity contribution in [2.45, 2.75) is 97.2 Å². The standard InChI is InChI=1S/C25H42O5/c1-5-27-16-29-19-9-12-23(3)18(15-19)7-8-21-20(23)10-13-24(4)22(26)11-14-25(21,24)30-17-28-6-2/h18-21H,5-17H2,1-4H3/t18-,19+,20+,21-,23+,24-,25+/m1/s1. The summed E-state index contributed by atoms with van der Waals surface area (Å²) in [4.78, 5) is 13.0. The number of fused-ring (bicyclic) bond motifs is 5. The minimum Gasteiger partial charge on any atom is -0.356 e. The van der Waals surface area contributed by atoms with Gasteiger partial charge in [0.2, 0.25) is 0 Å². The number of ketones is 1. The average molecular weight is 423 g/mol. The van der Waals surface area contributed by atoms with Crippen molar-refractivity contribution < 1.29 is 23.7 Å². The minimum atomic E-state index is -0.341. The van der Waals surface area contributed by atoms with E-state index in [0.717, 1.165) is 38.5 Å². The Kier molecular flexibility index (Phi) is 6.66. The molecule has 0 heterocycles. The fourth-order valence-corrected chi connectivity index (χ4v) is 7.87. The van der Waals surface area contributed by atoms with E-state index < -0.39 is 0 Å². The summed E-state index contributed by atoms with van der Waals surface area (Å²) in [5.74, 6) is 2.21. The van der Waals surface area contributed by atoms with Gasteiger partial charge in [0.15, 0.2) is 0 Å². The van der Waals surface area contributed by atoms with Crippen LogP contribution in [-0.2, 0) is 23.7 Å². The molecule has 4 aliphatic carbocycles. The molecule has 4 rings (SSSR count). The van der Waals surface area contributed by atoms with Gasteiger partial charge in [-0.15, -0.1) is 0 Å². The lowest BCUT2D eigenvalue weighted by atomic mass is 9.44. The molecule has 0 aromatic rings. The van der Waals surface area contributed by atoms with E-state index in [0.29, 0.717) is 68.3 Å². The summed E-state index contributed by atoms with van der Waals surface area (Å²) < 4.78 is 23.7. The van der Waals surface area contributed by atoms with Gasteiger partial charge in [0.1, 0.15) is 19.4 Å². The van der Waals surface area contributed by atoms with Crippen molar-refractivity contribution in [3.63, 3.8) is 0 Å². The molecule has 0 saturated heterocycles. The number of hydrogen-bond donors (Lipinski definition) is 0. The zero-order valence-corrected chi connectivity index (χ0v) is 19.5. The third kappa shape index (κ3) is 3.48. The van der Waals surface area contributed by atoms with Crippen molar-refractivity contribution in [3.8, 4) is 0 Å². The first-order valence-electron chi connectivity index (χ1n) is 12.4. The normalized spacial score (nSPS) is 45.7. The van der Waals surface area contributed by atoms with Gasteiger partial charge in [0.25, 0.3) is 0 Å². The predicted octanol–water partition coefficient (Wildman–Crippen LogP) is 5.11. The van der Waals surface area contributed by atoms with Crippen molar-refractivity contribution in [2.75, 3.05) is 26.8 Å². The van der Waals surface area contributed by atoms with Crippen molar-refractivity contribution in [1.82, 2.24) is 0 Å². The van der Waals surface area contributed by atoms with Gasteiger partial charge >= 0.3 is 0 Å². The van der Waals surface area contributed by atoms with E-state index in [4.69, 9.17) is 18.9 Å². The van der Waals surface area contributed by atoms with Crippen LogP contribution in [0.3, 0.4) is 0 Å². The summed E-state index contributed by atoms with van der Waals surface area (Å²) in [5.41, 5.74) is -0.353. The summed E-state index contributed by atoms with van der Waals surface area (Å²) in [6.45, 7) is 10.8. The molecule has 0 N–H and O–H groups in total. The SMILES string of the molecule is CCOCO[C@H]1CC[C@@]2(C)[C@H](CC[C@@H]3[C@@H]2CC[C@]2(C)C(=O)CC[C@]32OCOCC)C1. The van der Waals surface area contributed by atoms with E-state index in [-0.39, 0.29) is 11.0 Å². The molecule has 5 heteroatoms. The summed E-state index contributed by atoms with van der Waals surface area (Å²) in [6, 6.07) is 0. The first-order chi connectivity index (χ1) is 14.4. The number of carbonyl (C=O) groups excluding carboxylic acids is 1. The van der Waals surface area contributed by atoms with Crippen molar-refractivity contribution in [1.29, 1.82) is 0 Å². The van der Waals surface area contributed by atoms with Crippen LogP contribution >= 0.6 is 0 Å². The van der Waals surface area contributed by atoms with Gasteiger partial charge in [-0.05, 0) is 95.3 Å². The monoisotopic (exact) mass is 422 g/mol. The summed E-state index contributed by atoms with van der Waals surface area (Å²) >= 11 is 0. The van der Waals surface area contributed by atoms with Gasteiger partial charge in [0, 0.05) is 19.6 Å². The van der Waals surface area contributed by atoms with Crippen LogP contribution in [0.4, 0.5) is 0 Å². The molecule has 4 aliphatic rings. The van der Waals surface area contributed by atoms with Crippen molar-refractivity contribution in [3.05, 3.63) is 0 Å². The highest BCUT2D eigenvalue weighted by Crippen LogP contribution is 2.68. The fraction of sp³-hybridized carbons (Fsp3) is 0.960. The molecule has 0 radical (unpaired) electrons. The molecule has 7 atom stereocenters. The topological polar surface area (TPSA) is 54.0 Å². The van der Waals surface area contributed by atoms with Crippen LogP contribution in [0, 0.1) is 28.6 Å². The third-order valence-electron chi connectivity index (χ3n) is 9.67. The first-order valence-corrected chi connectivity index (χ1v) is 12.4. The number of Topliss-reactive ketones (excluding diaryl/α,β-unsaturated/α-hetero) is 1. The Morgan fingerprint density at radius 1 is 0.900 bits per heavy atom. The lowest BCUT2D eigenvalue weighted by molar-refractivity contribution is -0.253. The van der Waals surface area contributed by atoms with Gasteiger partial charge in [-0.25, -0.2) is 0 Å². The molecule has 0 aromatic carbocycles. The van der Waals surface area contributed by atoms with E-state index >= 15 is 0 Å². The summed E-state index contributed by atoms with van der Waals surface area (Å²) in [5, 5.41) is 0. The van der Waals surface area contributed by atoms with Crippen LogP contribution in [0.5, 0.6) is 0 Å². The van der Waals surface area contributed by atoms with Gasteiger partial charge < -0.3 is 18.9 Å². The molecule has 172 valence electrons. The molecule has 0 amide bonds. The zero-order valence-electron chi connectivity index (χ0n) is 19.5. The maximum atomic E-state index is 13.0. The summed E-state index contributed by atoms with van der Waals surface area (Å²) in [6.07, 6.45) is 9.85. The summed E-state index contributed by atoms with van der Waals surface area (Å²) in [7, 11) is 0. The predicted molar refractivity (Wildman–Crippen MR) is 115 cm³/mol. The zero-order chi connectivity index (χ0) is 21.4. The van der Waals surface area contributed by atoms with Gasteiger partial charge in [0.05, 0.1) is 17.1 Å². The molecule has 4 saturated carbocycles. The highest BCUT2D eigenvalue weighted by molar-refractivity contribution is 5.88. The lowest BCUT2D eigenvalue weighted by Crippen LogP contribution is -2.63. The van der Waals surface area contributed by atoms with E-state index in [1.54, 1.807) is 0 Å². The second-order valence-corrected chi connectivity index (χ2v) is 10.6. The highest BCUT2D eigenvalue weighted by atomic mass is 16.7. The Hall–Kier alpha value is -0.490. The van der Waals surface area contributed by atoms with E-state index in [2.05, 4.69) is 13.8 Å². The third-order valence-corrected chi connectivity index (χ3v) is 9.67. The quantitative estimate of drug-likeness (QED) is 0.402. The van der Waals surface area contributed by atoms with Crippen molar-refractivity contribution in [2.24, 2.45) is 28.6 Å². The Balaban J connectivity index is 1.54. The second-order valence-electron chi connectivity index (χ2n) is 10.6. The fourth-order valence-electron chi connectivity index (χ4n) is 7.87. The number of hydrogen-bond acceptors (Lipinski definition) is 5. The number of rotatable bonds is 8. The number of carbonyl (C=O) groups is 1. The molecular weight excluding hydrogens is 380 g/mol. The van der Waals surface area contributed by atoms with Crippen LogP contribution in [-0.4, -0.2) is 44.3 Å². The van der Waals surface area contributed by atoms with Gasteiger partial charge in [-0.2, -0.15) is 0 Å². The van der Waals surface area contributed by atoms with Gasteiger partial charge in [-0.3, -0.25) is 4.79 Å². The Morgan fingerprint density at radius 2 is 1.67 bits per heavy atom. The molecule has 4 fully saturated rings. The Labute approximate surface area is 182 Å². The van der Waals surface area contributed by atoms with Crippen LogP contribution in [0.1, 0.15) is 85.5 Å². The van der Waals surface area contributed by atoms with Crippen molar-refractivity contribution >= 4 is 5.78 Å². The van der Waals surface area contributed by atoms with Crippen LogP contribution < -0.4 is 0 Å². The number of ether oxygens (including phenoxy) is 4. The molecule has 5 nitrogen and oxygen atoms in total. The minimum absolute atomic E-state index is 0.316. The largest absolute Gasteiger partial charge is 0.356 e. The van der Waals surface area contributed by atoms with Crippen LogP contribution in [0.2, 0.25) is 0 Å². The van der Waals surface area contributed by atoms with E-state index in [9.17, 15) is 4.79 Å². The Bertz CT molecular complexity index is 623. The highest BCUT2D eigenvalue weighted by Gasteiger charge is 2.68. The molecule has 0 bridgehead atoms. The maximum Gasteiger partial charge on any atom is 0.147 e. The van der Waals surface area contributed by atoms with E-state index in [1.807, 2.05) is 13.8 Å². The van der Waals surface area contributed by atoms with Gasteiger partial charge in [-0.1, -0.05) is 6.92 Å². The molecular formula is C25H42O5. The lowest BCUT2D eigenvalue weighted by Gasteiger charge is -2.63. The van der Waals surface area contributed by atoms with Crippen LogP contribution in [0.15, 0.2) is 0 Å². The van der Waals surface area contributed by atoms with Crippen LogP contribution in [0.25, 0.3) is 0 Å². The first kappa shape index (κ1) is 22.7. The second kappa shape index (κ2) is 8.80. The molecule has 0 aliphatic heterocycles. The molecule has 0 aromatic heterocycles. The molecule has 0 unspecified atom stereocenters. The Morgan fingerprint density at radius 3 is 2.43 bits per heavy atom. The average Bonchev–Trinajstić information content (AvgIpc) is 3.00. The smallest absolute Gasteiger partial charge is 0.147 e. The molecule has 0 spiro atoms. The molecule has 30 heavy (non-hydrogen) atoms.